The Morgan fingerprint density at radius 2 is 1.41 bits per heavy atom. The third-order valence-electron chi connectivity index (χ3n) is 6.47. The Bertz CT molecular complexity index is 1410. The first-order valence-electron chi connectivity index (χ1n) is 12.2. The van der Waals surface area contributed by atoms with Crippen LogP contribution in [-0.4, -0.2) is 22.3 Å². The molecule has 37 heavy (non-hydrogen) atoms. The molecule has 0 aliphatic carbocycles. The molecule has 0 saturated heterocycles. The molecule has 0 spiro atoms. The van der Waals surface area contributed by atoms with Gasteiger partial charge in [0.2, 0.25) is 0 Å². The predicted molar refractivity (Wildman–Crippen MR) is 142 cm³/mol. The minimum atomic E-state index is -0.496. The van der Waals surface area contributed by atoms with Gasteiger partial charge in [-0.1, -0.05) is 78.9 Å². The van der Waals surface area contributed by atoms with E-state index in [4.69, 9.17) is 4.74 Å². The molecule has 1 aliphatic rings. The van der Waals surface area contributed by atoms with Gasteiger partial charge in [0.15, 0.2) is 0 Å². The van der Waals surface area contributed by atoms with Gasteiger partial charge in [-0.15, -0.1) is 0 Å². The third kappa shape index (κ3) is 4.89. The van der Waals surface area contributed by atoms with Gasteiger partial charge in [-0.2, -0.15) is 0 Å². The van der Waals surface area contributed by atoms with Crippen molar-refractivity contribution in [2.45, 2.75) is 26.2 Å². The molecule has 1 amide bonds. The minimum absolute atomic E-state index is 0.111. The van der Waals surface area contributed by atoms with Gasteiger partial charge >= 0.3 is 0 Å². The van der Waals surface area contributed by atoms with Crippen LogP contribution in [0.25, 0.3) is 0 Å². The van der Waals surface area contributed by atoms with Crippen LogP contribution in [0.2, 0.25) is 0 Å². The number of nitrogens with zero attached hydrogens (tertiary/aromatic N) is 3. The number of rotatable bonds is 8. The number of ether oxygens (including phenoxy) is 1. The number of para-hydroxylation sites is 1. The lowest BCUT2D eigenvalue weighted by molar-refractivity contribution is -0.384. The van der Waals surface area contributed by atoms with Crippen molar-refractivity contribution < 1.29 is 14.5 Å². The van der Waals surface area contributed by atoms with Gasteiger partial charge in [0.25, 0.3) is 11.6 Å². The molecule has 1 heterocycles. The highest BCUT2D eigenvalue weighted by Gasteiger charge is 2.40. The SMILES string of the molecule is CCOc1ccccc1C1N(Cc2ccccc2)C(=O)c2cc([N+](=O)[O-])ccc2N1Cc1ccccc1. The van der Waals surface area contributed by atoms with Gasteiger partial charge < -0.3 is 14.5 Å². The van der Waals surface area contributed by atoms with Gasteiger partial charge in [0.1, 0.15) is 11.9 Å². The van der Waals surface area contributed by atoms with E-state index in [1.807, 2.05) is 91.9 Å². The van der Waals surface area contributed by atoms with Crippen molar-refractivity contribution in [3.63, 3.8) is 0 Å². The van der Waals surface area contributed by atoms with Crippen molar-refractivity contribution in [1.29, 1.82) is 0 Å². The number of carbonyl (C=O) groups excluding carboxylic acids is 1. The molecule has 0 fully saturated rings. The Hall–Kier alpha value is -4.65. The van der Waals surface area contributed by atoms with Crippen LogP contribution in [0.1, 0.15) is 40.1 Å². The van der Waals surface area contributed by atoms with E-state index in [1.54, 1.807) is 11.0 Å². The molecule has 5 rings (SSSR count). The van der Waals surface area contributed by atoms with Crippen LogP contribution in [0.15, 0.2) is 103 Å². The smallest absolute Gasteiger partial charge is 0.270 e. The second-order valence-electron chi connectivity index (χ2n) is 8.84. The van der Waals surface area contributed by atoms with Crippen LogP contribution in [0.4, 0.5) is 11.4 Å². The zero-order chi connectivity index (χ0) is 25.8. The lowest BCUT2D eigenvalue weighted by Gasteiger charge is -2.46. The third-order valence-corrected chi connectivity index (χ3v) is 6.47. The molecule has 0 radical (unpaired) electrons. The zero-order valence-electron chi connectivity index (χ0n) is 20.5. The first kappa shape index (κ1) is 24.1. The Kier molecular flexibility index (Phi) is 6.85. The quantitative estimate of drug-likeness (QED) is 0.211. The summed E-state index contributed by atoms with van der Waals surface area (Å²) in [6.07, 6.45) is -0.496. The van der Waals surface area contributed by atoms with Crippen LogP contribution in [0.3, 0.4) is 0 Å². The lowest BCUT2D eigenvalue weighted by atomic mass is 9.98. The first-order chi connectivity index (χ1) is 18.1. The molecule has 1 unspecified atom stereocenters. The van der Waals surface area contributed by atoms with Gasteiger partial charge in [0, 0.05) is 30.8 Å². The van der Waals surface area contributed by atoms with Crippen molar-refractivity contribution in [3.8, 4) is 5.75 Å². The molecule has 0 bridgehead atoms. The van der Waals surface area contributed by atoms with Crippen molar-refractivity contribution >= 4 is 17.3 Å². The Morgan fingerprint density at radius 3 is 2.03 bits per heavy atom. The van der Waals surface area contributed by atoms with Crippen LogP contribution >= 0.6 is 0 Å². The Balaban J connectivity index is 1.72. The normalized spacial score (nSPS) is 14.8. The molecule has 1 atom stereocenters. The van der Waals surface area contributed by atoms with Gasteiger partial charge in [-0.05, 0) is 30.2 Å². The monoisotopic (exact) mass is 493 g/mol. The fourth-order valence-electron chi connectivity index (χ4n) is 4.83. The minimum Gasteiger partial charge on any atom is -0.493 e. The molecule has 1 aliphatic heterocycles. The molecule has 4 aromatic rings. The fourth-order valence-corrected chi connectivity index (χ4v) is 4.83. The molecule has 186 valence electrons. The molecular weight excluding hydrogens is 466 g/mol. The number of nitro groups is 1. The number of nitro benzene ring substituents is 1. The summed E-state index contributed by atoms with van der Waals surface area (Å²) < 4.78 is 6.01. The molecule has 7 heteroatoms. The van der Waals surface area contributed by atoms with Gasteiger partial charge in [-0.3, -0.25) is 14.9 Å². The zero-order valence-corrected chi connectivity index (χ0v) is 20.5. The molecular formula is C30H27N3O4. The summed E-state index contributed by atoms with van der Waals surface area (Å²) in [5.41, 5.74) is 3.72. The van der Waals surface area contributed by atoms with Crippen LogP contribution in [0.5, 0.6) is 5.75 Å². The summed E-state index contributed by atoms with van der Waals surface area (Å²) in [7, 11) is 0. The number of amides is 1. The van der Waals surface area contributed by atoms with Crippen molar-refractivity contribution in [2.24, 2.45) is 0 Å². The highest BCUT2D eigenvalue weighted by Crippen LogP contribution is 2.44. The van der Waals surface area contributed by atoms with Crippen LogP contribution < -0.4 is 9.64 Å². The van der Waals surface area contributed by atoms with Crippen molar-refractivity contribution in [3.05, 3.63) is 135 Å². The molecule has 0 aromatic heterocycles. The van der Waals surface area contributed by atoms with E-state index >= 15 is 0 Å². The van der Waals surface area contributed by atoms with E-state index in [1.165, 1.54) is 12.1 Å². The molecule has 0 N–H and O–H groups in total. The maximum Gasteiger partial charge on any atom is 0.270 e. The Morgan fingerprint density at radius 1 is 0.811 bits per heavy atom. The molecule has 7 nitrogen and oxygen atoms in total. The maximum atomic E-state index is 14.1. The van der Waals surface area contributed by atoms with E-state index in [-0.39, 0.29) is 11.6 Å². The average Bonchev–Trinajstić information content (AvgIpc) is 2.93. The first-order valence-corrected chi connectivity index (χ1v) is 12.2. The summed E-state index contributed by atoms with van der Waals surface area (Å²) in [6, 6.07) is 32.0. The molecule has 4 aromatic carbocycles. The number of benzene rings is 4. The van der Waals surface area contributed by atoms with Gasteiger partial charge in [0.05, 0.1) is 22.8 Å². The average molecular weight is 494 g/mol. The van der Waals surface area contributed by atoms with E-state index < -0.39 is 11.1 Å². The summed E-state index contributed by atoms with van der Waals surface area (Å²) >= 11 is 0. The summed E-state index contributed by atoms with van der Waals surface area (Å²) in [4.78, 5) is 29.1. The highest BCUT2D eigenvalue weighted by molar-refractivity contribution is 6.02. The standard InChI is InChI=1S/C30H27N3O4/c1-2-37-28-16-10-9-15-25(28)29-31(20-22-11-5-3-6-12-22)27-18-17-24(33(35)36)19-26(27)30(34)32(29)21-23-13-7-4-8-14-23/h3-19,29H,2,20-21H2,1H3. The summed E-state index contributed by atoms with van der Waals surface area (Å²) in [5, 5.41) is 11.6. The topological polar surface area (TPSA) is 75.9 Å². The fraction of sp³-hybridized carbons (Fsp3) is 0.167. The number of hydrogen-bond acceptors (Lipinski definition) is 5. The van der Waals surface area contributed by atoms with E-state index in [0.29, 0.717) is 36.7 Å². The largest absolute Gasteiger partial charge is 0.493 e. The Labute approximate surface area is 215 Å². The number of hydrogen-bond donors (Lipinski definition) is 0. The van der Waals surface area contributed by atoms with Crippen molar-refractivity contribution in [1.82, 2.24) is 4.90 Å². The number of anilines is 1. The van der Waals surface area contributed by atoms with Crippen LogP contribution in [-0.2, 0) is 13.1 Å². The lowest BCUT2D eigenvalue weighted by Crippen LogP contribution is -2.49. The maximum absolute atomic E-state index is 14.1. The number of carbonyl (C=O) groups is 1. The molecule has 0 saturated carbocycles. The second-order valence-corrected chi connectivity index (χ2v) is 8.84. The summed E-state index contributed by atoms with van der Waals surface area (Å²) in [5.74, 6) is 0.437. The van der Waals surface area contributed by atoms with E-state index in [9.17, 15) is 14.9 Å². The summed E-state index contributed by atoms with van der Waals surface area (Å²) in [6.45, 7) is 3.24. The van der Waals surface area contributed by atoms with Crippen molar-refractivity contribution in [2.75, 3.05) is 11.5 Å². The van der Waals surface area contributed by atoms with E-state index in [2.05, 4.69) is 4.90 Å². The number of fused-ring (bicyclic) bond motifs is 1. The predicted octanol–water partition coefficient (Wildman–Crippen LogP) is 6.35. The second kappa shape index (κ2) is 10.5. The number of non-ortho nitro benzene ring substituents is 1. The van der Waals surface area contributed by atoms with E-state index in [0.717, 1.165) is 16.7 Å². The van der Waals surface area contributed by atoms with Gasteiger partial charge in [-0.25, -0.2) is 0 Å². The highest BCUT2D eigenvalue weighted by atomic mass is 16.6. The van der Waals surface area contributed by atoms with Crippen LogP contribution in [0, 0.1) is 10.1 Å².